The van der Waals surface area contributed by atoms with Gasteiger partial charge in [0.1, 0.15) is 12.2 Å². The number of rotatable bonds is 5. The van der Waals surface area contributed by atoms with E-state index in [2.05, 4.69) is 5.10 Å². The zero-order chi connectivity index (χ0) is 21.2. The lowest BCUT2D eigenvalue weighted by molar-refractivity contribution is -0.140. The number of aromatic nitrogens is 2. The van der Waals surface area contributed by atoms with Gasteiger partial charge in [-0.1, -0.05) is 17.7 Å². The Hall–Kier alpha value is -2.24. The molecule has 1 aromatic carbocycles. The second kappa shape index (κ2) is 8.25. The summed E-state index contributed by atoms with van der Waals surface area (Å²) in [6.07, 6.45) is -4.14. The molecule has 0 spiro atoms. The van der Waals surface area contributed by atoms with Crippen LogP contribution in [0.25, 0.3) is 0 Å². The molecule has 1 fully saturated rings. The Morgan fingerprint density at radius 2 is 1.93 bits per heavy atom. The summed E-state index contributed by atoms with van der Waals surface area (Å²) in [5.74, 6) is 0. The summed E-state index contributed by atoms with van der Waals surface area (Å²) in [7, 11) is -4.21. The van der Waals surface area contributed by atoms with Crippen LogP contribution in [0, 0.1) is 6.92 Å². The molecule has 0 saturated carbocycles. The Balaban J connectivity index is 1.92. The molecule has 11 heteroatoms. The van der Waals surface area contributed by atoms with E-state index in [4.69, 9.17) is 8.92 Å². The van der Waals surface area contributed by atoms with Gasteiger partial charge in [-0.15, -0.1) is 0 Å². The van der Waals surface area contributed by atoms with E-state index in [0.717, 1.165) is 12.0 Å². The Bertz CT molecular complexity index is 1030. The second-order valence-corrected chi connectivity index (χ2v) is 8.26. The molecule has 1 unspecified atom stereocenters. The zero-order valence-electron chi connectivity index (χ0n) is 15.5. The molecular formula is C18H19F3N2O5S. The monoisotopic (exact) mass is 432 g/mol. The smallest absolute Gasteiger partial charge is 0.356 e. The maximum atomic E-state index is 13.3. The summed E-state index contributed by atoms with van der Waals surface area (Å²) in [6, 6.07) is 6.30. The molecular weight excluding hydrogens is 413 g/mol. The molecule has 1 saturated heterocycles. The topological polar surface area (TPSA) is 87.5 Å². The third-order valence-corrected chi connectivity index (χ3v) is 5.67. The fourth-order valence-electron chi connectivity index (χ4n) is 2.86. The van der Waals surface area contributed by atoms with Gasteiger partial charge in [0.2, 0.25) is 0 Å². The summed E-state index contributed by atoms with van der Waals surface area (Å²) in [6.45, 7) is 1.31. The largest absolute Gasteiger partial charge is 0.421 e. The zero-order valence-corrected chi connectivity index (χ0v) is 16.3. The maximum Gasteiger partial charge on any atom is 0.421 e. The fraction of sp³-hybridized carbons (Fsp3) is 0.444. The summed E-state index contributed by atoms with van der Waals surface area (Å²) >= 11 is 0. The Morgan fingerprint density at radius 1 is 1.24 bits per heavy atom. The molecule has 1 aliphatic rings. The van der Waals surface area contributed by atoms with Crippen LogP contribution in [0.15, 0.2) is 40.0 Å². The summed E-state index contributed by atoms with van der Waals surface area (Å²) < 4.78 is 75.4. The van der Waals surface area contributed by atoms with Crippen LogP contribution in [0.5, 0.6) is 0 Å². The lowest BCUT2D eigenvalue weighted by atomic mass is 10.2. The predicted octanol–water partition coefficient (Wildman–Crippen LogP) is 3.18. The van der Waals surface area contributed by atoms with E-state index < -0.39 is 40.3 Å². The van der Waals surface area contributed by atoms with E-state index >= 15 is 0 Å². The lowest BCUT2D eigenvalue weighted by Crippen LogP contribution is -2.36. The van der Waals surface area contributed by atoms with Crippen LogP contribution >= 0.6 is 0 Å². The van der Waals surface area contributed by atoms with Crippen LogP contribution in [-0.4, -0.2) is 24.8 Å². The van der Waals surface area contributed by atoms with Crippen molar-refractivity contribution < 1.29 is 30.5 Å². The molecule has 29 heavy (non-hydrogen) atoms. The summed E-state index contributed by atoms with van der Waals surface area (Å²) in [5, 5.41) is 3.87. The normalized spacial score (nSPS) is 18.0. The molecule has 158 valence electrons. The number of alkyl halides is 3. The maximum absolute atomic E-state index is 13.3. The standard InChI is InChI=1S/C18H19F3N2O5S/c1-12-5-7-14(8-6-12)29(25,26)28-11-13-10-15(18(19,20)21)17(24)23(22-13)16-4-2-3-9-27-16/h5-8,10,16H,2-4,9,11H2,1H3. The first-order chi connectivity index (χ1) is 13.6. The van der Waals surface area contributed by atoms with E-state index in [-0.39, 0.29) is 10.6 Å². The molecule has 0 bridgehead atoms. The molecule has 0 N–H and O–H groups in total. The minimum atomic E-state index is -4.93. The molecule has 2 aromatic rings. The number of nitrogens with zero attached hydrogens (tertiary/aromatic N) is 2. The first-order valence-corrected chi connectivity index (χ1v) is 10.3. The minimum absolute atomic E-state index is 0.136. The average molecular weight is 432 g/mol. The van der Waals surface area contributed by atoms with E-state index in [1.165, 1.54) is 12.1 Å². The van der Waals surface area contributed by atoms with Gasteiger partial charge in [0.05, 0.1) is 10.6 Å². The highest BCUT2D eigenvalue weighted by molar-refractivity contribution is 7.86. The van der Waals surface area contributed by atoms with Crippen LogP contribution in [0.4, 0.5) is 13.2 Å². The average Bonchev–Trinajstić information content (AvgIpc) is 2.67. The predicted molar refractivity (Wildman–Crippen MR) is 95.5 cm³/mol. The van der Waals surface area contributed by atoms with Crippen LogP contribution in [0.3, 0.4) is 0 Å². The summed E-state index contributed by atoms with van der Waals surface area (Å²) in [4.78, 5) is 12.1. The van der Waals surface area contributed by atoms with Gasteiger partial charge in [0, 0.05) is 6.61 Å². The lowest BCUT2D eigenvalue weighted by Gasteiger charge is -2.24. The molecule has 1 aliphatic heterocycles. The van der Waals surface area contributed by atoms with Crippen molar-refractivity contribution in [2.45, 2.75) is 50.1 Å². The highest BCUT2D eigenvalue weighted by Gasteiger charge is 2.37. The van der Waals surface area contributed by atoms with Gasteiger partial charge in [0.15, 0.2) is 6.23 Å². The van der Waals surface area contributed by atoms with Crippen molar-refractivity contribution in [1.29, 1.82) is 0 Å². The van der Waals surface area contributed by atoms with Gasteiger partial charge in [-0.3, -0.25) is 8.98 Å². The van der Waals surface area contributed by atoms with E-state index in [9.17, 15) is 26.4 Å². The molecule has 1 aromatic heterocycles. The van der Waals surface area contributed by atoms with Gasteiger partial charge < -0.3 is 4.74 Å². The highest BCUT2D eigenvalue weighted by atomic mass is 32.2. The molecule has 3 rings (SSSR count). The third-order valence-electron chi connectivity index (χ3n) is 4.39. The van der Waals surface area contributed by atoms with Crippen LogP contribution in [-0.2, 0) is 31.8 Å². The third kappa shape index (κ3) is 5.03. The molecule has 0 amide bonds. The minimum Gasteiger partial charge on any atom is -0.356 e. The molecule has 7 nitrogen and oxygen atoms in total. The number of halogens is 3. The van der Waals surface area contributed by atoms with Crippen molar-refractivity contribution in [1.82, 2.24) is 9.78 Å². The van der Waals surface area contributed by atoms with Crippen molar-refractivity contribution in [3.8, 4) is 0 Å². The van der Waals surface area contributed by atoms with Gasteiger partial charge in [-0.2, -0.15) is 31.4 Å². The van der Waals surface area contributed by atoms with Gasteiger partial charge in [0.25, 0.3) is 15.7 Å². The van der Waals surface area contributed by atoms with Gasteiger partial charge in [-0.05, 0) is 44.4 Å². The van der Waals surface area contributed by atoms with Gasteiger partial charge in [-0.25, -0.2) is 0 Å². The fourth-order valence-corrected chi connectivity index (χ4v) is 3.74. The Morgan fingerprint density at radius 3 is 2.52 bits per heavy atom. The number of hydrogen-bond donors (Lipinski definition) is 0. The van der Waals surface area contributed by atoms with Crippen molar-refractivity contribution in [3.05, 3.63) is 57.5 Å². The quantitative estimate of drug-likeness (QED) is 0.675. The highest BCUT2D eigenvalue weighted by Crippen LogP contribution is 2.28. The first-order valence-electron chi connectivity index (χ1n) is 8.85. The SMILES string of the molecule is Cc1ccc(S(=O)(=O)OCc2cc(C(F)(F)F)c(=O)n(C3CCCCO3)n2)cc1. The Kier molecular flexibility index (Phi) is 6.11. The van der Waals surface area contributed by atoms with Crippen molar-refractivity contribution >= 4 is 10.1 Å². The summed E-state index contributed by atoms with van der Waals surface area (Å²) in [5.41, 5.74) is -2.30. The van der Waals surface area contributed by atoms with Crippen LogP contribution in [0.1, 0.15) is 42.3 Å². The van der Waals surface area contributed by atoms with E-state index in [1.807, 2.05) is 0 Å². The van der Waals surface area contributed by atoms with E-state index in [0.29, 0.717) is 30.2 Å². The molecule has 2 heterocycles. The van der Waals surface area contributed by atoms with Gasteiger partial charge >= 0.3 is 6.18 Å². The molecule has 0 aliphatic carbocycles. The number of hydrogen-bond acceptors (Lipinski definition) is 6. The first kappa shape index (κ1) is 21.5. The van der Waals surface area contributed by atoms with Crippen LogP contribution < -0.4 is 5.56 Å². The van der Waals surface area contributed by atoms with Crippen molar-refractivity contribution in [2.24, 2.45) is 0 Å². The molecule has 0 radical (unpaired) electrons. The van der Waals surface area contributed by atoms with Crippen LogP contribution in [0.2, 0.25) is 0 Å². The number of aryl methyl sites for hydroxylation is 1. The van der Waals surface area contributed by atoms with Crippen molar-refractivity contribution in [3.63, 3.8) is 0 Å². The van der Waals surface area contributed by atoms with E-state index in [1.54, 1.807) is 19.1 Å². The Labute approximate surface area is 165 Å². The second-order valence-electron chi connectivity index (χ2n) is 6.65. The molecule has 1 atom stereocenters. The number of benzene rings is 1. The van der Waals surface area contributed by atoms with Crippen molar-refractivity contribution in [2.75, 3.05) is 6.61 Å². The number of ether oxygens (including phenoxy) is 1.